The van der Waals surface area contributed by atoms with Gasteiger partial charge in [0.25, 0.3) is 0 Å². The standard InChI is InChI=1S/C42H32N2O6/c43-35-12-1-3-14-37(35)49-41-18-7-5-16-39(41)47-31-24-20-29(21-25-31)45-33-10-9-11-34(28-33)46-30-22-26-32(27-23-30)48-40-17-6-8-19-42(40)50-38-15-4-2-13-36(38)44/h1-28H,43-44H2. The summed E-state index contributed by atoms with van der Waals surface area (Å²) in [6.07, 6.45) is 0. The number of benzene rings is 7. The maximum absolute atomic E-state index is 6.13. The molecular formula is C42H32N2O6. The summed E-state index contributed by atoms with van der Waals surface area (Å²) < 4.78 is 36.5. The van der Waals surface area contributed by atoms with Gasteiger partial charge in [0.2, 0.25) is 0 Å². The molecule has 8 nitrogen and oxygen atoms in total. The maximum Gasteiger partial charge on any atom is 0.170 e. The Morgan fingerprint density at radius 2 is 0.540 bits per heavy atom. The fraction of sp³-hybridized carbons (Fsp3) is 0. The highest BCUT2D eigenvalue weighted by molar-refractivity contribution is 5.57. The van der Waals surface area contributed by atoms with Crippen molar-refractivity contribution in [3.63, 3.8) is 0 Å². The van der Waals surface area contributed by atoms with E-state index >= 15 is 0 Å². The number of hydrogen-bond acceptors (Lipinski definition) is 8. The maximum atomic E-state index is 6.13. The Labute approximate surface area is 289 Å². The van der Waals surface area contributed by atoms with Crippen molar-refractivity contribution in [2.24, 2.45) is 0 Å². The van der Waals surface area contributed by atoms with E-state index in [0.29, 0.717) is 80.4 Å². The van der Waals surface area contributed by atoms with Crippen LogP contribution in [0, 0.1) is 0 Å². The summed E-state index contributed by atoms with van der Waals surface area (Å²) in [6, 6.07) is 51.5. The number of nitrogens with two attached hydrogens (primary N) is 2. The Bertz CT molecular complexity index is 2050. The average Bonchev–Trinajstić information content (AvgIpc) is 3.14. The van der Waals surface area contributed by atoms with Gasteiger partial charge < -0.3 is 39.9 Å². The van der Waals surface area contributed by atoms with Gasteiger partial charge in [0.15, 0.2) is 34.5 Å². The normalized spacial score (nSPS) is 10.6. The predicted octanol–water partition coefficient (Wildman–Crippen LogP) is 11.6. The van der Waals surface area contributed by atoms with Crippen molar-refractivity contribution in [3.05, 3.63) is 170 Å². The van der Waals surface area contributed by atoms with Gasteiger partial charge in [-0.2, -0.15) is 0 Å². The van der Waals surface area contributed by atoms with Gasteiger partial charge in [-0.3, -0.25) is 0 Å². The first kappa shape index (κ1) is 31.5. The lowest BCUT2D eigenvalue weighted by Gasteiger charge is -2.14. The van der Waals surface area contributed by atoms with Crippen molar-refractivity contribution in [1.82, 2.24) is 0 Å². The molecule has 0 aliphatic heterocycles. The Morgan fingerprint density at radius 1 is 0.240 bits per heavy atom. The van der Waals surface area contributed by atoms with E-state index in [0.717, 1.165) is 0 Å². The van der Waals surface area contributed by atoms with Crippen LogP contribution in [0.4, 0.5) is 11.4 Å². The fourth-order valence-electron chi connectivity index (χ4n) is 4.90. The van der Waals surface area contributed by atoms with Crippen molar-refractivity contribution in [2.45, 2.75) is 0 Å². The van der Waals surface area contributed by atoms with Gasteiger partial charge in [0.05, 0.1) is 11.4 Å². The van der Waals surface area contributed by atoms with Crippen LogP contribution in [0.3, 0.4) is 0 Å². The molecule has 0 aliphatic carbocycles. The molecule has 0 atom stereocenters. The zero-order valence-electron chi connectivity index (χ0n) is 26.8. The summed E-state index contributed by atoms with van der Waals surface area (Å²) in [5.74, 6) is 7.08. The molecule has 7 aromatic rings. The van der Waals surface area contributed by atoms with E-state index in [-0.39, 0.29) is 0 Å². The Balaban J connectivity index is 0.962. The van der Waals surface area contributed by atoms with E-state index in [1.807, 2.05) is 158 Å². The molecule has 0 bridgehead atoms. The van der Waals surface area contributed by atoms with Gasteiger partial charge in [0, 0.05) is 6.07 Å². The smallest absolute Gasteiger partial charge is 0.170 e. The third-order valence-electron chi connectivity index (χ3n) is 7.36. The van der Waals surface area contributed by atoms with Crippen molar-refractivity contribution < 1.29 is 28.4 Å². The van der Waals surface area contributed by atoms with E-state index in [9.17, 15) is 0 Å². The lowest BCUT2D eigenvalue weighted by atomic mass is 10.2. The molecule has 7 rings (SSSR count). The molecule has 0 aliphatic rings. The summed E-state index contributed by atoms with van der Waals surface area (Å²) in [6.45, 7) is 0. The van der Waals surface area contributed by atoms with Gasteiger partial charge in [-0.1, -0.05) is 54.6 Å². The van der Waals surface area contributed by atoms with E-state index < -0.39 is 0 Å². The first-order valence-electron chi connectivity index (χ1n) is 15.8. The summed E-state index contributed by atoms with van der Waals surface area (Å²) in [5.41, 5.74) is 13.2. The molecule has 246 valence electrons. The highest BCUT2D eigenvalue weighted by Gasteiger charge is 2.11. The molecule has 0 spiro atoms. The molecule has 7 aromatic carbocycles. The van der Waals surface area contributed by atoms with Crippen LogP contribution in [-0.4, -0.2) is 0 Å². The fourth-order valence-corrected chi connectivity index (χ4v) is 4.90. The molecule has 0 saturated heterocycles. The minimum absolute atomic E-state index is 0.542. The van der Waals surface area contributed by atoms with E-state index in [2.05, 4.69) is 0 Å². The SMILES string of the molecule is Nc1ccccc1Oc1ccccc1Oc1ccc(Oc2cccc(Oc3ccc(Oc4ccccc4Oc4ccccc4N)cc3)c2)cc1. The molecule has 0 saturated carbocycles. The molecule has 0 unspecified atom stereocenters. The second kappa shape index (κ2) is 14.8. The second-order valence-corrected chi connectivity index (χ2v) is 11.0. The van der Waals surface area contributed by atoms with E-state index in [4.69, 9.17) is 39.9 Å². The summed E-state index contributed by atoms with van der Waals surface area (Å²) in [5, 5.41) is 0. The zero-order valence-corrected chi connectivity index (χ0v) is 26.8. The van der Waals surface area contributed by atoms with Crippen LogP contribution >= 0.6 is 0 Å². The third-order valence-corrected chi connectivity index (χ3v) is 7.36. The highest BCUT2D eigenvalue weighted by Crippen LogP contribution is 2.39. The quantitative estimate of drug-likeness (QED) is 0.125. The molecule has 0 fully saturated rings. The van der Waals surface area contributed by atoms with Crippen LogP contribution in [0.25, 0.3) is 0 Å². The number of para-hydroxylation sites is 8. The summed E-state index contributed by atoms with van der Waals surface area (Å²) in [7, 11) is 0. The number of hydrogen-bond donors (Lipinski definition) is 2. The largest absolute Gasteiger partial charge is 0.457 e. The first-order chi connectivity index (χ1) is 24.6. The molecule has 0 heterocycles. The van der Waals surface area contributed by atoms with Gasteiger partial charge in [0.1, 0.15) is 34.5 Å². The number of rotatable bonds is 12. The van der Waals surface area contributed by atoms with Gasteiger partial charge in [-0.25, -0.2) is 0 Å². The van der Waals surface area contributed by atoms with Crippen molar-refractivity contribution in [2.75, 3.05) is 11.5 Å². The monoisotopic (exact) mass is 660 g/mol. The second-order valence-electron chi connectivity index (χ2n) is 11.0. The summed E-state index contributed by atoms with van der Waals surface area (Å²) in [4.78, 5) is 0. The molecular weight excluding hydrogens is 628 g/mol. The molecule has 0 aromatic heterocycles. The first-order valence-corrected chi connectivity index (χ1v) is 15.8. The lowest BCUT2D eigenvalue weighted by Crippen LogP contribution is -1.94. The zero-order chi connectivity index (χ0) is 34.1. The van der Waals surface area contributed by atoms with Gasteiger partial charge in [-0.05, 0) is 109 Å². The molecule has 8 heteroatoms. The number of nitrogen functional groups attached to an aromatic ring is 2. The third kappa shape index (κ3) is 7.90. The highest BCUT2D eigenvalue weighted by atomic mass is 16.5. The topological polar surface area (TPSA) is 107 Å². The van der Waals surface area contributed by atoms with E-state index in [1.165, 1.54) is 0 Å². The van der Waals surface area contributed by atoms with Crippen LogP contribution < -0.4 is 39.9 Å². The average molecular weight is 661 g/mol. The van der Waals surface area contributed by atoms with Crippen molar-refractivity contribution in [1.29, 1.82) is 0 Å². The summed E-state index contributed by atoms with van der Waals surface area (Å²) >= 11 is 0. The molecule has 0 amide bonds. The van der Waals surface area contributed by atoms with Crippen LogP contribution in [0.15, 0.2) is 170 Å². The molecule has 50 heavy (non-hydrogen) atoms. The number of ether oxygens (including phenoxy) is 6. The minimum Gasteiger partial charge on any atom is -0.457 e. The van der Waals surface area contributed by atoms with Crippen LogP contribution in [0.1, 0.15) is 0 Å². The van der Waals surface area contributed by atoms with E-state index in [1.54, 1.807) is 12.1 Å². The van der Waals surface area contributed by atoms with Crippen molar-refractivity contribution in [3.8, 4) is 69.0 Å². The Kier molecular flexibility index (Phi) is 9.33. The molecule has 0 radical (unpaired) electrons. The van der Waals surface area contributed by atoms with Gasteiger partial charge in [-0.15, -0.1) is 0 Å². The predicted molar refractivity (Wildman–Crippen MR) is 194 cm³/mol. The van der Waals surface area contributed by atoms with Crippen LogP contribution in [0.5, 0.6) is 69.0 Å². The van der Waals surface area contributed by atoms with Crippen LogP contribution in [0.2, 0.25) is 0 Å². The van der Waals surface area contributed by atoms with Crippen LogP contribution in [-0.2, 0) is 0 Å². The molecule has 4 N–H and O–H groups in total. The van der Waals surface area contributed by atoms with Crippen molar-refractivity contribution >= 4 is 11.4 Å². The minimum atomic E-state index is 0.542. The number of anilines is 2. The Morgan fingerprint density at radius 3 is 0.900 bits per heavy atom. The Hall–Kier alpha value is -7.06. The van der Waals surface area contributed by atoms with Gasteiger partial charge >= 0.3 is 0 Å². The lowest BCUT2D eigenvalue weighted by molar-refractivity contribution is 0.418.